The molecule has 2 N–H and O–H groups in total. The first-order valence-corrected chi connectivity index (χ1v) is 11.3. The number of carboxylic acid groups (broad SMARTS) is 1. The monoisotopic (exact) mass is 461 g/mol. The number of benzene rings is 2. The van der Waals surface area contributed by atoms with E-state index in [1.807, 2.05) is 57.2 Å². The van der Waals surface area contributed by atoms with E-state index < -0.39 is 23.5 Å². The van der Waals surface area contributed by atoms with Crippen LogP contribution in [-0.2, 0) is 16.0 Å². The van der Waals surface area contributed by atoms with Crippen LogP contribution in [0.3, 0.4) is 0 Å². The first kappa shape index (κ1) is 23.3. The third kappa shape index (κ3) is 4.73. The topological polar surface area (TPSA) is 110 Å². The normalized spacial score (nSPS) is 12.4. The lowest BCUT2D eigenvalue weighted by molar-refractivity contribution is -0.142. The molecule has 2 aromatic heterocycles. The third-order valence-electron chi connectivity index (χ3n) is 6.01. The standard InChI is InChI=1S/C27H27NO6/c1-15(2)11-22(26(30)31)28-25(29)10-9-18-16(3)19-12-20-21(17-7-5-4-6-8-17)14-33-23(20)13-24(19)34-27(18)32/h4-8,12-15,22H,9-11H2,1-3H3,(H,28,29)(H,30,31)/t22-/m1/s1. The molecule has 4 rings (SSSR count). The summed E-state index contributed by atoms with van der Waals surface area (Å²) in [6.45, 7) is 5.62. The molecule has 0 aliphatic rings. The maximum absolute atomic E-state index is 12.7. The highest BCUT2D eigenvalue weighted by Crippen LogP contribution is 2.34. The zero-order chi connectivity index (χ0) is 24.4. The Morgan fingerprint density at radius 3 is 2.47 bits per heavy atom. The molecule has 0 fully saturated rings. The number of amides is 1. The van der Waals surface area contributed by atoms with E-state index in [0.717, 1.165) is 27.5 Å². The molecule has 34 heavy (non-hydrogen) atoms. The zero-order valence-electron chi connectivity index (χ0n) is 19.4. The lowest BCUT2D eigenvalue weighted by Crippen LogP contribution is -2.41. The van der Waals surface area contributed by atoms with E-state index in [1.54, 1.807) is 12.3 Å². The van der Waals surface area contributed by atoms with Gasteiger partial charge in [-0.2, -0.15) is 0 Å². The number of rotatable bonds is 8. The number of carboxylic acids is 1. The molecule has 176 valence electrons. The van der Waals surface area contributed by atoms with E-state index >= 15 is 0 Å². The van der Waals surface area contributed by atoms with Gasteiger partial charge in [0.2, 0.25) is 5.91 Å². The Kier molecular flexibility index (Phi) is 6.54. The summed E-state index contributed by atoms with van der Waals surface area (Å²) >= 11 is 0. The first-order chi connectivity index (χ1) is 16.2. The van der Waals surface area contributed by atoms with E-state index in [2.05, 4.69) is 5.32 Å². The maximum atomic E-state index is 12.7. The highest BCUT2D eigenvalue weighted by molar-refractivity contribution is 6.02. The number of hydrogen-bond acceptors (Lipinski definition) is 5. The predicted octanol–water partition coefficient (Wildman–Crippen LogP) is 5.06. The summed E-state index contributed by atoms with van der Waals surface area (Å²) in [5, 5.41) is 13.6. The van der Waals surface area contributed by atoms with Crippen molar-refractivity contribution in [1.29, 1.82) is 0 Å². The second kappa shape index (κ2) is 9.55. The van der Waals surface area contributed by atoms with Crippen LogP contribution in [0.4, 0.5) is 0 Å². The molecule has 0 aliphatic heterocycles. The number of aliphatic carboxylic acids is 1. The Morgan fingerprint density at radius 1 is 1.06 bits per heavy atom. The van der Waals surface area contributed by atoms with Gasteiger partial charge in [0.1, 0.15) is 17.2 Å². The Hall–Kier alpha value is -3.87. The summed E-state index contributed by atoms with van der Waals surface area (Å²) in [5.41, 5.74) is 3.62. The summed E-state index contributed by atoms with van der Waals surface area (Å²) in [4.78, 5) is 36.5. The molecule has 7 heteroatoms. The molecule has 0 bridgehead atoms. The van der Waals surface area contributed by atoms with Crippen LogP contribution in [0.25, 0.3) is 33.1 Å². The first-order valence-electron chi connectivity index (χ1n) is 11.3. The van der Waals surface area contributed by atoms with Gasteiger partial charge in [0.15, 0.2) is 0 Å². The average Bonchev–Trinajstić information content (AvgIpc) is 3.20. The van der Waals surface area contributed by atoms with Crippen LogP contribution >= 0.6 is 0 Å². The van der Waals surface area contributed by atoms with Gasteiger partial charge < -0.3 is 19.3 Å². The second-order valence-corrected chi connectivity index (χ2v) is 8.94. The van der Waals surface area contributed by atoms with Gasteiger partial charge in [-0.3, -0.25) is 4.79 Å². The van der Waals surface area contributed by atoms with Crippen molar-refractivity contribution in [1.82, 2.24) is 5.32 Å². The number of aryl methyl sites for hydroxylation is 1. The van der Waals surface area contributed by atoms with Gasteiger partial charge in [0, 0.05) is 34.4 Å². The molecule has 1 amide bonds. The van der Waals surface area contributed by atoms with Crippen molar-refractivity contribution >= 4 is 33.8 Å². The highest BCUT2D eigenvalue weighted by atomic mass is 16.4. The van der Waals surface area contributed by atoms with Crippen molar-refractivity contribution < 1.29 is 23.5 Å². The van der Waals surface area contributed by atoms with Gasteiger partial charge in [-0.25, -0.2) is 9.59 Å². The van der Waals surface area contributed by atoms with Crippen molar-refractivity contribution in [2.24, 2.45) is 5.92 Å². The smallest absolute Gasteiger partial charge is 0.339 e. The molecule has 0 unspecified atom stereocenters. The Bertz CT molecular complexity index is 1410. The van der Waals surface area contributed by atoms with Gasteiger partial charge >= 0.3 is 11.6 Å². The van der Waals surface area contributed by atoms with Gasteiger partial charge in [-0.05, 0) is 42.9 Å². The molecule has 2 aromatic carbocycles. The maximum Gasteiger partial charge on any atom is 0.339 e. The van der Waals surface area contributed by atoms with Crippen molar-refractivity contribution in [3.05, 3.63) is 70.3 Å². The highest BCUT2D eigenvalue weighted by Gasteiger charge is 2.22. The fraction of sp³-hybridized carbons (Fsp3) is 0.296. The van der Waals surface area contributed by atoms with E-state index in [9.17, 15) is 19.5 Å². The van der Waals surface area contributed by atoms with Crippen molar-refractivity contribution in [3.63, 3.8) is 0 Å². The Balaban J connectivity index is 1.63. The molecular weight excluding hydrogens is 434 g/mol. The van der Waals surface area contributed by atoms with E-state index in [1.165, 1.54) is 0 Å². The summed E-state index contributed by atoms with van der Waals surface area (Å²) in [6.07, 6.45) is 2.16. The van der Waals surface area contributed by atoms with E-state index in [4.69, 9.17) is 8.83 Å². The Labute approximate surface area is 196 Å². The molecule has 0 saturated carbocycles. The number of furan rings is 1. The second-order valence-electron chi connectivity index (χ2n) is 8.94. The van der Waals surface area contributed by atoms with Crippen molar-refractivity contribution in [3.8, 4) is 11.1 Å². The molecular formula is C27H27NO6. The van der Waals surface area contributed by atoms with Crippen LogP contribution in [-0.4, -0.2) is 23.0 Å². The summed E-state index contributed by atoms with van der Waals surface area (Å²) < 4.78 is 11.3. The largest absolute Gasteiger partial charge is 0.480 e. The fourth-order valence-electron chi connectivity index (χ4n) is 4.24. The molecule has 0 radical (unpaired) electrons. The zero-order valence-corrected chi connectivity index (χ0v) is 19.4. The molecule has 2 heterocycles. The fourth-order valence-corrected chi connectivity index (χ4v) is 4.24. The van der Waals surface area contributed by atoms with Crippen LogP contribution in [0.15, 0.2) is 62.4 Å². The minimum Gasteiger partial charge on any atom is -0.480 e. The molecule has 4 aromatic rings. The Morgan fingerprint density at radius 2 is 1.79 bits per heavy atom. The number of carbonyl (C=O) groups is 2. The number of hydrogen-bond donors (Lipinski definition) is 2. The van der Waals surface area contributed by atoms with Crippen molar-refractivity contribution in [2.75, 3.05) is 0 Å². The van der Waals surface area contributed by atoms with E-state index in [0.29, 0.717) is 23.2 Å². The van der Waals surface area contributed by atoms with E-state index in [-0.39, 0.29) is 18.8 Å². The lowest BCUT2D eigenvalue weighted by Gasteiger charge is -2.16. The number of nitrogens with one attached hydrogen (secondary N) is 1. The van der Waals surface area contributed by atoms with Crippen LogP contribution < -0.4 is 10.9 Å². The number of fused-ring (bicyclic) bond motifs is 2. The van der Waals surface area contributed by atoms with Crippen LogP contribution in [0.2, 0.25) is 0 Å². The molecule has 7 nitrogen and oxygen atoms in total. The van der Waals surface area contributed by atoms with Gasteiger partial charge in [-0.15, -0.1) is 0 Å². The molecule has 0 saturated heterocycles. The quantitative estimate of drug-likeness (QED) is 0.355. The minimum absolute atomic E-state index is 0.0117. The van der Waals surface area contributed by atoms with Gasteiger partial charge in [0.05, 0.1) is 6.26 Å². The van der Waals surface area contributed by atoms with Crippen molar-refractivity contribution in [2.45, 2.75) is 46.1 Å². The molecule has 1 atom stereocenters. The summed E-state index contributed by atoms with van der Waals surface area (Å²) in [6, 6.07) is 12.6. The summed E-state index contributed by atoms with van der Waals surface area (Å²) in [5.74, 6) is -1.36. The van der Waals surface area contributed by atoms with Crippen LogP contribution in [0.1, 0.15) is 37.8 Å². The lowest BCUT2D eigenvalue weighted by atomic mass is 9.98. The van der Waals surface area contributed by atoms with Gasteiger partial charge in [0.25, 0.3) is 0 Å². The average molecular weight is 462 g/mol. The minimum atomic E-state index is -1.07. The SMILES string of the molecule is Cc1c(CCC(=O)N[C@H](CC(C)C)C(=O)O)c(=O)oc2cc3occ(-c4ccccc4)c3cc12. The summed E-state index contributed by atoms with van der Waals surface area (Å²) in [7, 11) is 0. The van der Waals surface area contributed by atoms with Crippen LogP contribution in [0.5, 0.6) is 0 Å². The van der Waals surface area contributed by atoms with Gasteiger partial charge in [-0.1, -0.05) is 44.2 Å². The van der Waals surface area contributed by atoms with Crippen LogP contribution in [0, 0.1) is 12.8 Å². The molecule has 0 spiro atoms. The molecule has 0 aliphatic carbocycles. The predicted molar refractivity (Wildman–Crippen MR) is 130 cm³/mol. The third-order valence-corrected chi connectivity index (χ3v) is 6.01. The number of carbonyl (C=O) groups excluding carboxylic acids is 1.